The molecule has 0 heterocycles. The summed E-state index contributed by atoms with van der Waals surface area (Å²) >= 11 is 6.15. The summed E-state index contributed by atoms with van der Waals surface area (Å²) in [7, 11) is 0. The topological polar surface area (TPSA) is 50.4 Å². The molecular weight excluding hydrogens is 276 g/mol. The third kappa shape index (κ3) is 5.80. The standard InChI is InChI=1S/C15H23ClN2O2/c1-4-8-17-14(19)10-20-15-12(9-18-11(2)3)6-5-7-13(15)16/h5-7,11,18H,4,8-10H2,1-3H3,(H,17,19). The van der Waals surface area contributed by atoms with Crippen molar-refractivity contribution in [1.82, 2.24) is 10.6 Å². The minimum Gasteiger partial charge on any atom is -0.482 e. The molecular formula is C15H23ClN2O2. The van der Waals surface area contributed by atoms with E-state index in [1.807, 2.05) is 19.1 Å². The van der Waals surface area contributed by atoms with Crippen molar-refractivity contribution in [3.63, 3.8) is 0 Å². The maximum absolute atomic E-state index is 11.6. The Hall–Kier alpha value is -1.26. The molecule has 0 saturated carbocycles. The third-order valence-corrected chi connectivity index (χ3v) is 2.97. The molecule has 1 rings (SSSR count). The molecule has 0 atom stereocenters. The fourth-order valence-corrected chi connectivity index (χ4v) is 1.87. The molecule has 1 aromatic carbocycles. The van der Waals surface area contributed by atoms with Crippen LogP contribution in [0.4, 0.5) is 0 Å². The Kier molecular flexibility index (Phi) is 7.41. The van der Waals surface area contributed by atoms with Crippen molar-refractivity contribution < 1.29 is 9.53 Å². The largest absolute Gasteiger partial charge is 0.482 e. The predicted octanol–water partition coefficient (Wildman–Crippen LogP) is 2.74. The first-order valence-electron chi connectivity index (χ1n) is 6.94. The van der Waals surface area contributed by atoms with E-state index in [9.17, 15) is 4.79 Å². The van der Waals surface area contributed by atoms with Crippen LogP contribution in [0.25, 0.3) is 0 Å². The van der Waals surface area contributed by atoms with Crippen molar-refractivity contribution in [3.05, 3.63) is 28.8 Å². The Labute approximate surface area is 125 Å². The predicted molar refractivity (Wildman–Crippen MR) is 82.2 cm³/mol. The molecule has 5 heteroatoms. The zero-order valence-electron chi connectivity index (χ0n) is 12.3. The van der Waals surface area contributed by atoms with Crippen molar-refractivity contribution in [2.75, 3.05) is 13.2 Å². The van der Waals surface area contributed by atoms with Crippen molar-refractivity contribution in [2.24, 2.45) is 0 Å². The third-order valence-electron chi connectivity index (χ3n) is 2.67. The van der Waals surface area contributed by atoms with Gasteiger partial charge in [-0.3, -0.25) is 4.79 Å². The molecule has 0 aliphatic heterocycles. The first kappa shape index (κ1) is 16.8. The molecule has 4 nitrogen and oxygen atoms in total. The van der Waals surface area contributed by atoms with Crippen LogP contribution < -0.4 is 15.4 Å². The van der Waals surface area contributed by atoms with Gasteiger partial charge in [0.15, 0.2) is 6.61 Å². The summed E-state index contributed by atoms with van der Waals surface area (Å²) in [4.78, 5) is 11.6. The van der Waals surface area contributed by atoms with E-state index in [4.69, 9.17) is 16.3 Å². The normalized spacial score (nSPS) is 10.7. The van der Waals surface area contributed by atoms with E-state index in [0.29, 0.717) is 29.9 Å². The first-order valence-corrected chi connectivity index (χ1v) is 7.32. The quantitative estimate of drug-likeness (QED) is 0.776. The summed E-state index contributed by atoms with van der Waals surface area (Å²) in [5.74, 6) is 0.448. The van der Waals surface area contributed by atoms with Crippen molar-refractivity contribution in [2.45, 2.75) is 39.8 Å². The van der Waals surface area contributed by atoms with E-state index in [0.717, 1.165) is 12.0 Å². The van der Waals surface area contributed by atoms with Crippen LogP contribution in [0.1, 0.15) is 32.8 Å². The molecule has 0 aliphatic carbocycles. The lowest BCUT2D eigenvalue weighted by Gasteiger charge is -2.15. The van der Waals surface area contributed by atoms with Crippen molar-refractivity contribution in [1.29, 1.82) is 0 Å². The van der Waals surface area contributed by atoms with Crippen LogP contribution in [0.3, 0.4) is 0 Å². The zero-order chi connectivity index (χ0) is 15.0. The van der Waals surface area contributed by atoms with Gasteiger partial charge in [0, 0.05) is 24.7 Å². The van der Waals surface area contributed by atoms with Gasteiger partial charge >= 0.3 is 0 Å². The lowest BCUT2D eigenvalue weighted by atomic mass is 10.2. The number of hydrogen-bond acceptors (Lipinski definition) is 3. The molecule has 112 valence electrons. The van der Waals surface area contributed by atoms with Gasteiger partial charge in [0.25, 0.3) is 5.91 Å². The highest BCUT2D eigenvalue weighted by Gasteiger charge is 2.10. The number of carbonyl (C=O) groups excluding carboxylic acids is 1. The minimum atomic E-state index is -0.130. The van der Waals surface area contributed by atoms with Crippen molar-refractivity contribution >= 4 is 17.5 Å². The highest BCUT2D eigenvalue weighted by molar-refractivity contribution is 6.32. The number of halogens is 1. The molecule has 0 radical (unpaired) electrons. The molecule has 0 saturated heterocycles. The van der Waals surface area contributed by atoms with Crippen LogP contribution in [-0.2, 0) is 11.3 Å². The van der Waals surface area contributed by atoms with Gasteiger partial charge in [-0.05, 0) is 12.5 Å². The van der Waals surface area contributed by atoms with Gasteiger partial charge in [0.1, 0.15) is 5.75 Å². The smallest absolute Gasteiger partial charge is 0.257 e. The van der Waals surface area contributed by atoms with Crippen LogP contribution in [-0.4, -0.2) is 25.1 Å². The molecule has 0 bridgehead atoms. The van der Waals surface area contributed by atoms with Crippen LogP contribution in [0, 0.1) is 0 Å². The fourth-order valence-electron chi connectivity index (χ4n) is 1.62. The number of amides is 1. The summed E-state index contributed by atoms with van der Waals surface area (Å²) in [5, 5.41) is 6.61. The molecule has 0 aromatic heterocycles. The number of benzene rings is 1. The molecule has 1 amide bonds. The second kappa shape index (κ2) is 8.82. The molecule has 0 fully saturated rings. The van der Waals surface area contributed by atoms with Gasteiger partial charge in [0.2, 0.25) is 0 Å². The molecule has 0 unspecified atom stereocenters. The first-order chi connectivity index (χ1) is 9.54. The Morgan fingerprint density at radius 2 is 2.15 bits per heavy atom. The lowest BCUT2D eigenvalue weighted by Crippen LogP contribution is -2.29. The Morgan fingerprint density at radius 3 is 2.80 bits per heavy atom. The zero-order valence-corrected chi connectivity index (χ0v) is 13.1. The number of nitrogens with one attached hydrogen (secondary N) is 2. The van der Waals surface area contributed by atoms with Crippen LogP contribution in [0.15, 0.2) is 18.2 Å². The lowest BCUT2D eigenvalue weighted by molar-refractivity contribution is -0.123. The number of carbonyl (C=O) groups is 1. The summed E-state index contributed by atoms with van der Waals surface area (Å²) in [6.07, 6.45) is 0.904. The van der Waals surface area contributed by atoms with Gasteiger partial charge in [-0.1, -0.05) is 44.5 Å². The summed E-state index contributed by atoms with van der Waals surface area (Å²) < 4.78 is 5.58. The summed E-state index contributed by atoms with van der Waals surface area (Å²) in [6, 6.07) is 5.96. The monoisotopic (exact) mass is 298 g/mol. The fraction of sp³-hybridized carbons (Fsp3) is 0.533. The molecule has 2 N–H and O–H groups in total. The molecule has 1 aromatic rings. The van der Waals surface area contributed by atoms with Gasteiger partial charge in [-0.2, -0.15) is 0 Å². The number of para-hydroxylation sites is 1. The van der Waals surface area contributed by atoms with E-state index in [1.54, 1.807) is 6.07 Å². The maximum atomic E-state index is 11.6. The Morgan fingerprint density at radius 1 is 1.40 bits per heavy atom. The summed E-state index contributed by atoms with van der Waals surface area (Å²) in [6.45, 7) is 7.45. The van der Waals surface area contributed by atoms with E-state index in [1.165, 1.54) is 0 Å². The number of ether oxygens (including phenoxy) is 1. The minimum absolute atomic E-state index is 0.0155. The maximum Gasteiger partial charge on any atom is 0.257 e. The number of rotatable bonds is 8. The van der Waals surface area contributed by atoms with Crippen molar-refractivity contribution in [3.8, 4) is 5.75 Å². The molecule has 20 heavy (non-hydrogen) atoms. The highest BCUT2D eigenvalue weighted by Crippen LogP contribution is 2.28. The van der Waals surface area contributed by atoms with Gasteiger partial charge in [0.05, 0.1) is 5.02 Å². The number of hydrogen-bond donors (Lipinski definition) is 2. The van der Waals surface area contributed by atoms with Crippen LogP contribution in [0.5, 0.6) is 5.75 Å². The van der Waals surface area contributed by atoms with Gasteiger partial charge in [-0.25, -0.2) is 0 Å². The SMILES string of the molecule is CCCNC(=O)COc1c(Cl)cccc1CNC(C)C. The van der Waals surface area contributed by atoms with Gasteiger partial charge < -0.3 is 15.4 Å². The Balaban J connectivity index is 2.65. The average molecular weight is 299 g/mol. The molecule has 0 spiro atoms. The van der Waals surface area contributed by atoms with Crippen LogP contribution in [0.2, 0.25) is 5.02 Å². The van der Waals surface area contributed by atoms with E-state index in [-0.39, 0.29) is 12.5 Å². The Bertz CT molecular complexity index is 436. The van der Waals surface area contributed by atoms with E-state index in [2.05, 4.69) is 24.5 Å². The second-order valence-electron chi connectivity index (χ2n) is 4.90. The van der Waals surface area contributed by atoms with Gasteiger partial charge in [-0.15, -0.1) is 0 Å². The highest BCUT2D eigenvalue weighted by atomic mass is 35.5. The molecule has 0 aliphatic rings. The summed E-state index contributed by atoms with van der Waals surface area (Å²) in [5.41, 5.74) is 0.953. The van der Waals surface area contributed by atoms with E-state index >= 15 is 0 Å². The second-order valence-corrected chi connectivity index (χ2v) is 5.31. The average Bonchev–Trinajstić information content (AvgIpc) is 2.41. The van der Waals surface area contributed by atoms with E-state index < -0.39 is 0 Å². The van der Waals surface area contributed by atoms with Crippen LogP contribution >= 0.6 is 11.6 Å².